The average molecular weight is 351 g/mol. The summed E-state index contributed by atoms with van der Waals surface area (Å²) >= 11 is 0. The van der Waals surface area contributed by atoms with Gasteiger partial charge in [-0.15, -0.1) is 12.4 Å². The molecule has 1 fully saturated rings. The van der Waals surface area contributed by atoms with Crippen LogP contribution in [0, 0.1) is 5.92 Å². The summed E-state index contributed by atoms with van der Waals surface area (Å²) < 4.78 is 37.5. The van der Waals surface area contributed by atoms with Crippen LogP contribution in [0.5, 0.6) is 0 Å². The van der Waals surface area contributed by atoms with Gasteiger partial charge < -0.3 is 11.1 Å². The van der Waals surface area contributed by atoms with E-state index in [1.165, 1.54) is 12.1 Å². The molecule has 3 N–H and O–H groups in total. The topological polar surface area (TPSA) is 55.1 Å². The molecule has 3 atom stereocenters. The van der Waals surface area contributed by atoms with Gasteiger partial charge in [0.1, 0.15) is 0 Å². The molecule has 7 heteroatoms. The van der Waals surface area contributed by atoms with E-state index in [-0.39, 0.29) is 36.3 Å². The molecule has 0 aromatic heterocycles. The molecule has 1 aliphatic rings. The van der Waals surface area contributed by atoms with Crippen LogP contribution in [0.1, 0.15) is 49.8 Å². The minimum Gasteiger partial charge on any atom is -0.350 e. The molecule has 0 bridgehead atoms. The molecular formula is C16H22ClF3N2O. The molecule has 3 nitrogen and oxygen atoms in total. The number of rotatable bonds is 4. The molecule has 1 aromatic rings. The van der Waals surface area contributed by atoms with E-state index >= 15 is 0 Å². The van der Waals surface area contributed by atoms with Gasteiger partial charge in [0, 0.05) is 12.5 Å². The summed E-state index contributed by atoms with van der Waals surface area (Å²) in [4.78, 5) is 12.0. The number of hydrogen-bond donors (Lipinski definition) is 2. The van der Waals surface area contributed by atoms with Crippen LogP contribution in [0.2, 0.25) is 0 Å². The molecule has 1 saturated carbocycles. The quantitative estimate of drug-likeness (QED) is 0.867. The molecule has 0 saturated heterocycles. The number of halogens is 4. The van der Waals surface area contributed by atoms with E-state index in [0.717, 1.165) is 31.4 Å². The summed E-state index contributed by atoms with van der Waals surface area (Å²) in [6.45, 7) is 1.76. The molecule has 1 amide bonds. The molecule has 0 spiro atoms. The van der Waals surface area contributed by atoms with E-state index in [9.17, 15) is 18.0 Å². The summed E-state index contributed by atoms with van der Waals surface area (Å²) in [5, 5.41) is 2.83. The van der Waals surface area contributed by atoms with E-state index in [0.29, 0.717) is 12.0 Å². The van der Waals surface area contributed by atoms with Crippen molar-refractivity contribution in [2.75, 3.05) is 0 Å². The standard InChI is InChI=1S/C16H21F3N2O.ClH/c1-10(11-5-7-13(8-6-11)16(17,18)19)21-15(22)9-12-3-2-4-14(12)20;/h5-8,10,12,14H,2-4,9,20H2,1H3,(H,21,22);1H/t10?,12-,14+;/m0./s1. The largest absolute Gasteiger partial charge is 0.416 e. The lowest BCUT2D eigenvalue weighted by molar-refractivity contribution is -0.137. The molecule has 23 heavy (non-hydrogen) atoms. The zero-order chi connectivity index (χ0) is 16.3. The highest BCUT2D eigenvalue weighted by Crippen LogP contribution is 2.30. The number of nitrogens with two attached hydrogens (primary N) is 1. The van der Waals surface area contributed by atoms with Crippen molar-refractivity contribution in [3.63, 3.8) is 0 Å². The third-order valence-corrected chi connectivity index (χ3v) is 4.28. The highest BCUT2D eigenvalue weighted by atomic mass is 35.5. The predicted octanol–water partition coefficient (Wildman–Crippen LogP) is 3.82. The Morgan fingerprint density at radius 2 is 1.91 bits per heavy atom. The van der Waals surface area contributed by atoms with Gasteiger partial charge in [0.25, 0.3) is 0 Å². The van der Waals surface area contributed by atoms with Crippen LogP contribution >= 0.6 is 12.4 Å². The molecule has 1 unspecified atom stereocenters. The Hall–Kier alpha value is -1.27. The van der Waals surface area contributed by atoms with Crippen LogP contribution in [0.3, 0.4) is 0 Å². The Morgan fingerprint density at radius 3 is 2.39 bits per heavy atom. The summed E-state index contributed by atoms with van der Waals surface area (Å²) in [6, 6.07) is 4.61. The molecular weight excluding hydrogens is 329 g/mol. The predicted molar refractivity (Wildman–Crippen MR) is 85.2 cm³/mol. The van der Waals surface area contributed by atoms with Crippen molar-refractivity contribution in [3.8, 4) is 0 Å². The Morgan fingerprint density at radius 1 is 1.30 bits per heavy atom. The zero-order valence-electron chi connectivity index (χ0n) is 12.9. The number of carbonyl (C=O) groups is 1. The van der Waals surface area contributed by atoms with Crippen molar-refractivity contribution in [2.24, 2.45) is 11.7 Å². The van der Waals surface area contributed by atoms with Crippen LogP contribution in [0.25, 0.3) is 0 Å². The molecule has 130 valence electrons. The lowest BCUT2D eigenvalue weighted by Crippen LogP contribution is -2.32. The van der Waals surface area contributed by atoms with Crippen LogP contribution in [0.15, 0.2) is 24.3 Å². The first-order chi connectivity index (χ1) is 10.3. The third-order valence-electron chi connectivity index (χ3n) is 4.28. The number of benzene rings is 1. The van der Waals surface area contributed by atoms with Crippen molar-refractivity contribution in [3.05, 3.63) is 35.4 Å². The SMILES string of the molecule is CC(NC(=O)C[C@@H]1CCC[C@H]1N)c1ccc(C(F)(F)F)cc1.Cl. The van der Waals surface area contributed by atoms with Gasteiger partial charge in [-0.3, -0.25) is 4.79 Å². The van der Waals surface area contributed by atoms with E-state index < -0.39 is 11.7 Å². The monoisotopic (exact) mass is 350 g/mol. The molecule has 0 heterocycles. The number of amides is 1. The van der Waals surface area contributed by atoms with Gasteiger partial charge >= 0.3 is 6.18 Å². The fraction of sp³-hybridized carbons (Fsp3) is 0.562. The lowest BCUT2D eigenvalue weighted by atomic mass is 9.99. The summed E-state index contributed by atoms with van der Waals surface area (Å²) in [5.74, 6) is 0.106. The van der Waals surface area contributed by atoms with Crippen molar-refractivity contribution in [1.29, 1.82) is 0 Å². The summed E-state index contributed by atoms with van der Waals surface area (Å²) in [7, 11) is 0. The zero-order valence-corrected chi connectivity index (χ0v) is 13.7. The Bertz CT molecular complexity index is 519. The van der Waals surface area contributed by atoms with Gasteiger partial charge in [-0.2, -0.15) is 13.2 Å². The number of nitrogens with one attached hydrogen (secondary N) is 1. The Balaban J connectivity index is 0.00000264. The van der Waals surface area contributed by atoms with Gasteiger partial charge in [0.2, 0.25) is 5.91 Å². The first-order valence-electron chi connectivity index (χ1n) is 7.49. The lowest BCUT2D eigenvalue weighted by Gasteiger charge is -2.19. The fourth-order valence-electron chi connectivity index (χ4n) is 2.90. The average Bonchev–Trinajstić information content (AvgIpc) is 2.83. The van der Waals surface area contributed by atoms with Gasteiger partial charge in [0.15, 0.2) is 0 Å². The van der Waals surface area contributed by atoms with Crippen LogP contribution in [0.4, 0.5) is 13.2 Å². The fourth-order valence-corrected chi connectivity index (χ4v) is 2.90. The van der Waals surface area contributed by atoms with Crippen LogP contribution < -0.4 is 11.1 Å². The van der Waals surface area contributed by atoms with Gasteiger partial charge in [-0.1, -0.05) is 18.6 Å². The molecule has 1 aliphatic carbocycles. The second-order valence-corrected chi connectivity index (χ2v) is 5.97. The van der Waals surface area contributed by atoms with Crippen molar-refractivity contribution in [2.45, 2.75) is 50.9 Å². The molecule has 0 aliphatic heterocycles. The minimum atomic E-state index is -4.34. The third kappa shape index (κ3) is 5.39. The molecule has 2 rings (SSSR count). The minimum absolute atomic E-state index is 0. The van der Waals surface area contributed by atoms with Gasteiger partial charge in [-0.25, -0.2) is 0 Å². The number of hydrogen-bond acceptors (Lipinski definition) is 2. The smallest absolute Gasteiger partial charge is 0.350 e. The van der Waals surface area contributed by atoms with E-state index in [1.807, 2.05) is 0 Å². The van der Waals surface area contributed by atoms with Crippen molar-refractivity contribution >= 4 is 18.3 Å². The van der Waals surface area contributed by atoms with Crippen LogP contribution in [-0.2, 0) is 11.0 Å². The first-order valence-corrected chi connectivity index (χ1v) is 7.49. The summed E-state index contributed by atoms with van der Waals surface area (Å²) in [5.41, 5.74) is 5.90. The molecule has 0 radical (unpaired) electrons. The normalized spacial score (nSPS) is 22.3. The van der Waals surface area contributed by atoms with E-state index in [4.69, 9.17) is 5.73 Å². The Labute approximate surface area is 140 Å². The van der Waals surface area contributed by atoms with Gasteiger partial charge in [-0.05, 0) is 43.4 Å². The van der Waals surface area contributed by atoms with Crippen molar-refractivity contribution < 1.29 is 18.0 Å². The number of carbonyl (C=O) groups excluding carboxylic acids is 1. The summed E-state index contributed by atoms with van der Waals surface area (Å²) in [6.07, 6.45) is -1.00. The highest BCUT2D eigenvalue weighted by Gasteiger charge is 2.30. The maximum atomic E-state index is 12.5. The second-order valence-electron chi connectivity index (χ2n) is 5.97. The molecule has 1 aromatic carbocycles. The number of alkyl halides is 3. The van der Waals surface area contributed by atoms with Crippen LogP contribution in [-0.4, -0.2) is 11.9 Å². The van der Waals surface area contributed by atoms with E-state index in [2.05, 4.69) is 5.32 Å². The Kier molecular flexibility index (Phi) is 6.89. The highest BCUT2D eigenvalue weighted by molar-refractivity contribution is 5.85. The maximum absolute atomic E-state index is 12.5. The first kappa shape index (κ1) is 19.8. The second kappa shape index (κ2) is 8.02. The van der Waals surface area contributed by atoms with Gasteiger partial charge in [0.05, 0.1) is 11.6 Å². The maximum Gasteiger partial charge on any atom is 0.416 e. The van der Waals surface area contributed by atoms with Crippen molar-refractivity contribution in [1.82, 2.24) is 5.32 Å². The van der Waals surface area contributed by atoms with E-state index in [1.54, 1.807) is 6.92 Å².